The number of fused-ring (bicyclic) bond motifs is 1. The lowest BCUT2D eigenvalue weighted by Gasteiger charge is -2.30. The quantitative estimate of drug-likeness (QED) is 0.476. The molecule has 0 bridgehead atoms. The highest BCUT2D eigenvalue weighted by Crippen LogP contribution is 2.41. The molecule has 0 radical (unpaired) electrons. The minimum absolute atomic E-state index is 0.00993. The zero-order chi connectivity index (χ0) is 24.7. The Balaban J connectivity index is 1.69. The van der Waals surface area contributed by atoms with Crippen LogP contribution in [0.2, 0.25) is 0 Å². The van der Waals surface area contributed by atoms with Gasteiger partial charge in [0, 0.05) is 31.1 Å². The molecule has 0 spiro atoms. The second kappa shape index (κ2) is 12.2. The Morgan fingerprint density at radius 3 is 2.32 bits per heavy atom. The molecule has 0 aliphatic carbocycles. The van der Waals surface area contributed by atoms with Crippen LogP contribution >= 0.6 is 11.8 Å². The lowest BCUT2D eigenvalue weighted by atomic mass is 10.1. The number of nitrogens with zero attached hydrogens (tertiary/aromatic N) is 2. The van der Waals surface area contributed by atoms with Crippen molar-refractivity contribution in [2.45, 2.75) is 39.5 Å². The van der Waals surface area contributed by atoms with Crippen molar-refractivity contribution in [3.05, 3.63) is 64.6 Å². The van der Waals surface area contributed by atoms with Gasteiger partial charge in [-0.1, -0.05) is 81.4 Å². The summed E-state index contributed by atoms with van der Waals surface area (Å²) in [6.45, 7) is 14.3. The van der Waals surface area contributed by atoms with Crippen LogP contribution in [-0.2, 0) is 9.59 Å². The zero-order valence-corrected chi connectivity index (χ0v) is 21.8. The number of amides is 2. The number of hydrogen-bond acceptors (Lipinski definition) is 4. The fourth-order valence-corrected chi connectivity index (χ4v) is 5.13. The molecule has 6 heteroatoms. The van der Waals surface area contributed by atoms with Crippen molar-refractivity contribution in [3.8, 4) is 0 Å². The number of carbonyl (C=O) groups excluding carboxylic acids is 2. The first kappa shape index (κ1) is 26.0. The second-order valence-corrected chi connectivity index (χ2v) is 10.9. The lowest BCUT2D eigenvalue weighted by molar-refractivity contribution is -0.122. The molecule has 5 nitrogen and oxygen atoms in total. The van der Waals surface area contributed by atoms with Gasteiger partial charge in [0.25, 0.3) is 5.91 Å². The summed E-state index contributed by atoms with van der Waals surface area (Å²) in [6, 6.07) is 15.8. The SMILES string of the molecule is Cc1ccc(C=C2Sc3ccccc3N(CC(=O)NCCN(CC(C)C)CC(C)C)C2=O)cc1. The number of aryl methyl sites for hydroxylation is 1. The third kappa shape index (κ3) is 7.47. The minimum atomic E-state index is -0.140. The van der Waals surface area contributed by atoms with E-state index in [2.05, 4.69) is 37.9 Å². The minimum Gasteiger partial charge on any atom is -0.353 e. The molecule has 0 fully saturated rings. The summed E-state index contributed by atoms with van der Waals surface area (Å²) in [7, 11) is 0. The molecule has 182 valence electrons. The van der Waals surface area contributed by atoms with Crippen LogP contribution in [0.15, 0.2) is 58.3 Å². The van der Waals surface area contributed by atoms with E-state index < -0.39 is 0 Å². The van der Waals surface area contributed by atoms with E-state index in [1.54, 1.807) is 4.90 Å². The average Bonchev–Trinajstić information content (AvgIpc) is 2.77. The maximum absolute atomic E-state index is 13.4. The molecule has 0 atom stereocenters. The number of hydrogen-bond donors (Lipinski definition) is 1. The van der Waals surface area contributed by atoms with Crippen molar-refractivity contribution in [3.63, 3.8) is 0 Å². The van der Waals surface area contributed by atoms with E-state index in [4.69, 9.17) is 0 Å². The number of para-hydroxylation sites is 1. The number of rotatable bonds is 10. The van der Waals surface area contributed by atoms with Gasteiger partial charge in [-0.15, -0.1) is 0 Å². The summed E-state index contributed by atoms with van der Waals surface area (Å²) in [5.41, 5.74) is 2.93. The monoisotopic (exact) mass is 479 g/mol. The van der Waals surface area contributed by atoms with Crippen LogP contribution in [0.5, 0.6) is 0 Å². The Morgan fingerprint density at radius 1 is 1.03 bits per heavy atom. The second-order valence-electron chi connectivity index (χ2n) is 9.78. The third-order valence-corrected chi connectivity index (χ3v) is 6.58. The predicted octanol–water partition coefficient (Wildman–Crippen LogP) is 5.21. The standard InChI is InChI=1S/C28H37N3O2S/c1-20(2)17-30(18-21(3)4)15-14-29-27(32)19-31-24-8-6-7-9-25(24)34-26(28(31)33)16-23-12-10-22(5)11-13-23/h6-13,16,20-21H,14-15,17-19H2,1-5H3,(H,29,32). The zero-order valence-electron chi connectivity index (χ0n) is 21.0. The topological polar surface area (TPSA) is 52.7 Å². The maximum atomic E-state index is 13.4. The van der Waals surface area contributed by atoms with Gasteiger partial charge in [-0.3, -0.25) is 14.5 Å². The Kier molecular flexibility index (Phi) is 9.36. The van der Waals surface area contributed by atoms with Gasteiger partial charge >= 0.3 is 0 Å². The van der Waals surface area contributed by atoms with Crippen molar-refractivity contribution in [1.82, 2.24) is 10.2 Å². The molecule has 3 rings (SSSR count). The number of anilines is 1. The summed E-state index contributed by atoms with van der Waals surface area (Å²) in [5, 5.41) is 3.03. The van der Waals surface area contributed by atoms with Gasteiger partial charge in [0.15, 0.2) is 0 Å². The Morgan fingerprint density at radius 2 is 1.68 bits per heavy atom. The molecule has 2 aromatic rings. The van der Waals surface area contributed by atoms with E-state index in [-0.39, 0.29) is 18.4 Å². The van der Waals surface area contributed by atoms with Gasteiger partial charge < -0.3 is 10.2 Å². The van der Waals surface area contributed by atoms with Crippen LogP contribution in [-0.4, -0.2) is 49.4 Å². The van der Waals surface area contributed by atoms with Crippen molar-refractivity contribution >= 4 is 35.3 Å². The predicted molar refractivity (Wildman–Crippen MR) is 143 cm³/mol. The molecular weight excluding hydrogens is 442 g/mol. The summed E-state index contributed by atoms with van der Waals surface area (Å²) in [6.07, 6.45) is 1.91. The highest BCUT2D eigenvalue weighted by Gasteiger charge is 2.30. The van der Waals surface area contributed by atoms with Crippen molar-refractivity contribution in [1.29, 1.82) is 0 Å². The molecule has 0 aromatic heterocycles. The van der Waals surface area contributed by atoms with Gasteiger partial charge in [0.2, 0.25) is 5.91 Å². The molecule has 0 saturated carbocycles. The third-order valence-electron chi connectivity index (χ3n) is 5.51. The number of benzene rings is 2. The molecule has 0 unspecified atom stereocenters. The molecule has 2 amide bonds. The molecule has 1 aliphatic heterocycles. The fourth-order valence-electron chi connectivity index (χ4n) is 4.08. The molecule has 34 heavy (non-hydrogen) atoms. The first-order chi connectivity index (χ1) is 16.2. The van der Waals surface area contributed by atoms with Crippen LogP contribution in [0.25, 0.3) is 6.08 Å². The average molecular weight is 480 g/mol. The lowest BCUT2D eigenvalue weighted by Crippen LogP contribution is -2.45. The number of nitrogens with one attached hydrogen (secondary N) is 1. The van der Waals surface area contributed by atoms with Gasteiger partial charge in [-0.25, -0.2) is 0 Å². The summed E-state index contributed by atoms with van der Waals surface area (Å²) in [5.74, 6) is 0.876. The number of thioether (sulfide) groups is 1. The Hall–Kier alpha value is -2.57. The van der Waals surface area contributed by atoms with E-state index in [0.29, 0.717) is 23.3 Å². The van der Waals surface area contributed by atoms with Crippen LogP contribution in [0.1, 0.15) is 38.8 Å². The van der Waals surface area contributed by atoms with E-state index in [1.165, 1.54) is 17.3 Å². The van der Waals surface area contributed by atoms with Gasteiger partial charge in [-0.2, -0.15) is 0 Å². The number of carbonyl (C=O) groups is 2. The van der Waals surface area contributed by atoms with E-state index in [0.717, 1.165) is 35.8 Å². The van der Waals surface area contributed by atoms with Gasteiger partial charge in [-0.05, 0) is 42.5 Å². The highest BCUT2D eigenvalue weighted by molar-refractivity contribution is 8.04. The Labute approximate surface area is 208 Å². The van der Waals surface area contributed by atoms with Crippen LogP contribution in [0.4, 0.5) is 5.69 Å². The van der Waals surface area contributed by atoms with Crippen molar-refractivity contribution in [2.24, 2.45) is 11.8 Å². The highest BCUT2D eigenvalue weighted by atomic mass is 32.2. The first-order valence-corrected chi connectivity index (χ1v) is 12.9. The molecular formula is C28H37N3O2S. The summed E-state index contributed by atoms with van der Waals surface area (Å²) in [4.78, 5) is 31.8. The normalized spacial score (nSPS) is 14.9. The molecule has 1 N–H and O–H groups in total. The Bertz CT molecular complexity index is 1000. The first-order valence-electron chi connectivity index (χ1n) is 12.1. The van der Waals surface area contributed by atoms with Crippen molar-refractivity contribution in [2.75, 3.05) is 37.6 Å². The van der Waals surface area contributed by atoms with E-state index >= 15 is 0 Å². The van der Waals surface area contributed by atoms with Crippen LogP contribution in [0, 0.1) is 18.8 Å². The largest absolute Gasteiger partial charge is 0.353 e. The van der Waals surface area contributed by atoms with Gasteiger partial charge in [0.1, 0.15) is 6.54 Å². The fraction of sp³-hybridized carbons (Fsp3) is 0.429. The molecule has 0 saturated heterocycles. The summed E-state index contributed by atoms with van der Waals surface area (Å²) >= 11 is 1.46. The van der Waals surface area contributed by atoms with Gasteiger partial charge in [0.05, 0.1) is 10.6 Å². The molecule has 2 aromatic carbocycles. The van der Waals surface area contributed by atoms with Crippen LogP contribution < -0.4 is 10.2 Å². The van der Waals surface area contributed by atoms with E-state index in [9.17, 15) is 9.59 Å². The maximum Gasteiger partial charge on any atom is 0.265 e. The van der Waals surface area contributed by atoms with Crippen LogP contribution in [0.3, 0.4) is 0 Å². The molecule has 1 aliphatic rings. The summed E-state index contributed by atoms with van der Waals surface area (Å²) < 4.78 is 0. The van der Waals surface area contributed by atoms with Crippen molar-refractivity contribution < 1.29 is 9.59 Å². The molecule has 1 heterocycles. The smallest absolute Gasteiger partial charge is 0.265 e. The van der Waals surface area contributed by atoms with E-state index in [1.807, 2.05) is 61.5 Å².